The lowest BCUT2D eigenvalue weighted by Gasteiger charge is -2.20. The minimum absolute atomic E-state index is 0.165. The molecule has 1 aliphatic rings. The number of halogens is 3. The summed E-state index contributed by atoms with van der Waals surface area (Å²) in [4.78, 5) is 26.0. The maximum absolute atomic E-state index is 12.9. The van der Waals surface area contributed by atoms with E-state index in [0.717, 1.165) is 17.8 Å². The number of nitrogens with zero attached hydrogens (tertiary/aromatic N) is 1. The molecule has 0 saturated carbocycles. The molecule has 1 aromatic heterocycles. The Balaban J connectivity index is 2.78. The maximum atomic E-state index is 12.9. The summed E-state index contributed by atoms with van der Waals surface area (Å²) < 4.78 is 38.6. The van der Waals surface area contributed by atoms with Crippen molar-refractivity contribution in [3.8, 4) is 0 Å². The smallest absolute Gasteiger partial charge is 0.325 e. The first-order valence-electron chi connectivity index (χ1n) is 4.91. The Morgan fingerprint density at radius 1 is 1.39 bits per heavy atom. The molecule has 0 fully saturated rings. The third-order valence-electron chi connectivity index (χ3n) is 2.74. The Morgan fingerprint density at radius 3 is 2.50 bits per heavy atom. The van der Waals surface area contributed by atoms with E-state index >= 15 is 0 Å². The highest BCUT2D eigenvalue weighted by molar-refractivity contribution is 7.98. The number of hydrogen-bond acceptors (Lipinski definition) is 3. The molecule has 1 aliphatic heterocycles. The van der Waals surface area contributed by atoms with Gasteiger partial charge in [0, 0.05) is 18.7 Å². The van der Waals surface area contributed by atoms with Crippen molar-refractivity contribution >= 4 is 17.7 Å². The molecule has 1 amide bonds. The van der Waals surface area contributed by atoms with Gasteiger partial charge in [-0.1, -0.05) is 0 Å². The first-order valence-corrected chi connectivity index (χ1v) is 6.20. The molecule has 0 bridgehead atoms. The van der Waals surface area contributed by atoms with Crippen LogP contribution in [-0.2, 0) is 6.18 Å². The molecule has 2 heterocycles. The molecule has 0 saturated heterocycles. The molecule has 18 heavy (non-hydrogen) atoms. The van der Waals surface area contributed by atoms with E-state index in [1.165, 1.54) is 11.9 Å². The lowest BCUT2D eigenvalue weighted by Crippen LogP contribution is -2.21. The lowest BCUT2D eigenvalue weighted by molar-refractivity contribution is -0.142. The van der Waals surface area contributed by atoms with Gasteiger partial charge in [-0.05, 0) is 6.26 Å². The molecule has 1 aromatic rings. The topological polar surface area (TPSA) is 53.2 Å². The van der Waals surface area contributed by atoms with Gasteiger partial charge in [-0.2, -0.15) is 13.2 Å². The van der Waals surface area contributed by atoms with E-state index in [-0.39, 0.29) is 11.1 Å². The summed E-state index contributed by atoms with van der Waals surface area (Å²) in [5.41, 5.74) is -2.40. The van der Waals surface area contributed by atoms with Gasteiger partial charge in [-0.3, -0.25) is 9.59 Å². The van der Waals surface area contributed by atoms with Gasteiger partial charge in [0.05, 0.1) is 5.56 Å². The standard InChI is InChI=1S/C10H9F3N2O2S/c1-15-8(17)4-3-5(16)14-7(10(11,12)13)6(4)9(15)18-2/h3,9H,1-2H3,(H,14,16)/t9-/m0/s1. The van der Waals surface area contributed by atoms with Crippen LogP contribution in [0.3, 0.4) is 0 Å². The zero-order chi connectivity index (χ0) is 13.7. The average Bonchev–Trinajstić information content (AvgIpc) is 2.50. The second-order valence-electron chi connectivity index (χ2n) is 3.84. The summed E-state index contributed by atoms with van der Waals surface area (Å²) in [6, 6.07) is 0.916. The molecule has 1 atom stereocenters. The summed E-state index contributed by atoms with van der Waals surface area (Å²) in [6.45, 7) is 0. The van der Waals surface area contributed by atoms with Crippen LogP contribution in [0.15, 0.2) is 10.9 Å². The normalized spacial score (nSPS) is 19.3. The summed E-state index contributed by atoms with van der Waals surface area (Å²) in [7, 11) is 1.41. The molecule has 8 heteroatoms. The molecule has 0 spiro atoms. The quantitative estimate of drug-likeness (QED) is 0.852. The summed E-state index contributed by atoms with van der Waals surface area (Å²) in [6.07, 6.45) is -3.08. The first kappa shape index (κ1) is 13.0. The average molecular weight is 278 g/mol. The molecule has 0 aromatic carbocycles. The summed E-state index contributed by atoms with van der Waals surface area (Å²) in [5.74, 6) is -0.569. The highest BCUT2D eigenvalue weighted by Crippen LogP contribution is 2.44. The van der Waals surface area contributed by atoms with Crippen molar-refractivity contribution in [1.29, 1.82) is 0 Å². The predicted molar refractivity (Wildman–Crippen MR) is 60.4 cm³/mol. The van der Waals surface area contributed by atoms with Crippen molar-refractivity contribution in [2.24, 2.45) is 0 Å². The van der Waals surface area contributed by atoms with Crippen molar-refractivity contribution in [3.05, 3.63) is 33.2 Å². The lowest BCUT2D eigenvalue weighted by atomic mass is 10.1. The number of rotatable bonds is 1. The van der Waals surface area contributed by atoms with Gasteiger partial charge in [-0.15, -0.1) is 11.8 Å². The number of hydrogen-bond donors (Lipinski definition) is 1. The van der Waals surface area contributed by atoms with E-state index in [2.05, 4.69) is 0 Å². The summed E-state index contributed by atoms with van der Waals surface area (Å²) >= 11 is 1.11. The van der Waals surface area contributed by atoms with Crippen LogP contribution in [0.2, 0.25) is 0 Å². The van der Waals surface area contributed by atoms with Crippen LogP contribution < -0.4 is 5.56 Å². The molecule has 0 aliphatic carbocycles. The Kier molecular flexibility index (Phi) is 2.92. The Bertz CT molecular complexity index is 567. The third kappa shape index (κ3) is 1.80. The maximum Gasteiger partial charge on any atom is 0.431 e. The number of aromatic nitrogens is 1. The van der Waals surface area contributed by atoms with Crippen LogP contribution in [0, 0.1) is 0 Å². The largest absolute Gasteiger partial charge is 0.431 e. The Hall–Kier alpha value is -1.44. The minimum Gasteiger partial charge on any atom is -0.325 e. The number of H-pyrrole nitrogens is 1. The van der Waals surface area contributed by atoms with Crippen LogP contribution in [0.25, 0.3) is 0 Å². The number of thioether (sulfide) groups is 1. The van der Waals surface area contributed by atoms with Crippen molar-refractivity contribution in [2.75, 3.05) is 13.3 Å². The fourth-order valence-corrected chi connectivity index (χ4v) is 2.89. The highest BCUT2D eigenvalue weighted by Gasteiger charge is 2.44. The fourth-order valence-electron chi connectivity index (χ4n) is 1.99. The van der Waals surface area contributed by atoms with Gasteiger partial charge in [-0.25, -0.2) is 0 Å². The van der Waals surface area contributed by atoms with E-state index in [4.69, 9.17) is 0 Å². The van der Waals surface area contributed by atoms with Crippen molar-refractivity contribution < 1.29 is 18.0 Å². The number of amides is 1. The zero-order valence-electron chi connectivity index (χ0n) is 9.46. The van der Waals surface area contributed by atoms with E-state index in [1.807, 2.05) is 0 Å². The van der Waals surface area contributed by atoms with Crippen molar-refractivity contribution in [1.82, 2.24) is 9.88 Å². The predicted octanol–water partition coefficient (Wildman–Crippen LogP) is 1.84. The Labute approximate surface area is 104 Å². The van der Waals surface area contributed by atoms with E-state index in [9.17, 15) is 22.8 Å². The van der Waals surface area contributed by atoms with E-state index in [0.29, 0.717) is 0 Å². The van der Waals surface area contributed by atoms with Crippen LogP contribution in [0.5, 0.6) is 0 Å². The molecule has 1 N–H and O–H groups in total. The van der Waals surface area contributed by atoms with Crippen LogP contribution >= 0.6 is 11.8 Å². The molecule has 0 radical (unpaired) electrons. The van der Waals surface area contributed by atoms with Gasteiger partial charge in [0.2, 0.25) is 5.56 Å². The van der Waals surface area contributed by atoms with Gasteiger partial charge in [0.1, 0.15) is 11.1 Å². The Morgan fingerprint density at radius 2 is 2.00 bits per heavy atom. The zero-order valence-corrected chi connectivity index (χ0v) is 10.3. The number of aromatic amines is 1. The SMILES string of the molecule is CS[C@H]1c2c(cc(=O)[nH]c2C(F)(F)F)C(=O)N1C. The van der Waals surface area contributed by atoms with E-state index < -0.39 is 28.7 Å². The number of pyridine rings is 1. The molecule has 98 valence electrons. The summed E-state index contributed by atoms with van der Waals surface area (Å²) in [5, 5.41) is -0.735. The van der Waals surface area contributed by atoms with Gasteiger partial charge >= 0.3 is 6.18 Å². The van der Waals surface area contributed by atoms with Gasteiger partial charge in [0.25, 0.3) is 5.91 Å². The van der Waals surface area contributed by atoms with Crippen molar-refractivity contribution in [3.63, 3.8) is 0 Å². The molecule has 0 unspecified atom stereocenters. The number of nitrogens with one attached hydrogen (secondary N) is 1. The number of carbonyl (C=O) groups excluding carboxylic acids is 1. The number of alkyl halides is 3. The number of carbonyl (C=O) groups is 1. The second-order valence-corrected chi connectivity index (χ2v) is 4.76. The third-order valence-corrected chi connectivity index (χ3v) is 3.74. The van der Waals surface area contributed by atoms with Crippen LogP contribution in [-0.4, -0.2) is 29.1 Å². The second kappa shape index (κ2) is 4.04. The fraction of sp³-hybridized carbons (Fsp3) is 0.400. The van der Waals surface area contributed by atoms with Crippen LogP contribution in [0.4, 0.5) is 13.2 Å². The molecule has 4 nitrogen and oxygen atoms in total. The van der Waals surface area contributed by atoms with E-state index in [1.54, 1.807) is 11.2 Å². The first-order chi connectivity index (χ1) is 8.27. The molecular formula is C10H9F3N2O2S. The van der Waals surface area contributed by atoms with Gasteiger partial charge < -0.3 is 9.88 Å². The van der Waals surface area contributed by atoms with Crippen LogP contribution in [0.1, 0.15) is 27.0 Å². The molecule has 2 rings (SSSR count). The monoisotopic (exact) mass is 278 g/mol. The van der Waals surface area contributed by atoms with Crippen molar-refractivity contribution in [2.45, 2.75) is 11.6 Å². The number of fused-ring (bicyclic) bond motifs is 1. The van der Waals surface area contributed by atoms with Gasteiger partial charge in [0.15, 0.2) is 0 Å². The molecular weight excluding hydrogens is 269 g/mol. The highest BCUT2D eigenvalue weighted by atomic mass is 32.2. The minimum atomic E-state index is -4.69.